The lowest BCUT2D eigenvalue weighted by atomic mass is 9.81. The highest BCUT2D eigenvalue weighted by Gasteiger charge is 2.44. The average Bonchev–Trinajstić information content (AvgIpc) is 3.56. The molecule has 2 fully saturated rings. The van der Waals surface area contributed by atoms with E-state index in [2.05, 4.69) is 26.8 Å². The summed E-state index contributed by atoms with van der Waals surface area (Å²) < 4.78 is 4.57. The van der Waals surface area contributed by atoms with E-state index in [1.807, 2.05) is 35.2 Å². The molecule has 1 amide bonds. The largest absolute Gasteiger partial charge is 0.439 e. The summed E-state index contributed by atoms with van der Waals surface area (Å²) in [5.74, 6) is 0.363. The molecule has 1 aliphatic heterocycles. The Hall–Kier alpha value is -3.52. The topological polar surface area (TPSA) is 122 Å². The molecule has 3 aromatic rings. The number of nitrogens with zero attached hydrogens (tertiary/aromatic N) is 2. The van der Waals surface area contributed by atoms with Crippen LogP contribution in [0.1, 0.15) is 49.1 Å². The summed E-state index contributed by atoms with van der Waals surface area (Å²) in [5.41, 5.74) is 8.49. The van der Waals surface area contributed by atoms with Gasteiger partial charge < -0.3 is 10.6 Å². The van der Waals surface area contributed by atoms with E-state index in [-0.39, 0.29) is 29.9 Å². The van der Waals surface area contributed by atoms with Gasteiger partial charge in [0.1, 0.15) is 0 Å². The zero-order valence-electron chi connectivity index (χ0n) is 20.3. The number of hydrogen-bond donors (Lipinski definition) is 2. The number of carbonyl (C=O) groups excluding carboxylic acids is 2. The van der Waals surface area contributed by atoms with Gasteiger partial charge in [0.25, 0.3) is 0 Å². The van der Waals surface area contributed by atoms with Crippen molar-refractivity contribution in [2.45, 2.75) is 50.5 Å². The molecule has 0 spiro atoms. The van der Waals surface area contributed by atoms with Crippen LogP contribution in [0.4, 0.5) is 0 Å². The molecule has 0 unspecified atom stereocenters. The van der Waals surface area contributed by atoms with Crippen LogP contribution in [0.2, 0.25) is 0 Å². The van der Waals surface area contributed by atoms with E-state index >= 15 is 0 Å². The van der Waals surface area contributed by atoms with Crippen LogP contribution < -0.4 is 11.5 Å². The van der Waals surface area contributed by atoms with E-state index in [1.54, 1.807) is 12.1 Å². The highest BCUT2D eigenvalue weighted by Crippen LogP contribution is 2.38. The molecular weight excluding hydrogens is 456 g/mol. The number of hydrogen-bond acceptors (Lipinski definition) is 6. The summed E-state index contributed by atoms with van der Waals surface area (Å²) in [6.07, 6.45) is 4.66. The Morgan fingerprint density at radius 3 is 2.36 bits per heavy atom. The zero-order chi connectivity index (χ0) is 25.1. The third-order valence-electron chi connectivity index (χ3n) is 7.81. The van der Waals surface area contributed by atoms with Crippen molar-refractivity contribution in [1.82, 2.24) is 15.0 Å². The molecule has 2 aromatic carbocycles. The van der Waals surface area contributed by atoms with Crippen LogP contribution in [0.15, 0.2) is 63.9 Å². The number of ketones is 1. The van der Waals surface area contributed by atoms with Gasteiger partial charge in [-0.05, 0) is 55.7 Å². The molecule has 2 aliphatic rings. The van der Waals surface area contributed by atoms with E-state index < -0.39 is 11.8 Å². The fourth-order valence-corrected chi connectivity index (χ4v) is 5.81. The quantitative estimate of drug-likeness (QED) is 0.526. The van der Waals surface area contributed by atoms with E-state index in [0.717, 1.165) is 43.2 Å². The summed E-state index contributed by atoms with van der Waals surface area (Å²) in [6.45, 7) is 1.28. The maximum absolute atomic E-state index is 13.8. The number of nitrogens with two attached hydrogens (primary N) is 1. The van der Waals surface area contributed by atoms with E-state index in [4.69, 9.17) is 5.73 Å². The lowest BCUT2D eigenvalue weighted by molar-refractivity contribution is -0.142. The van der Waals surface area contributed by atoms with Crippen LogP contribution in [0, 0.1) is 11.8 Å². The van der Waals surface area contributed by atoms with Gasteiger partial charge in [-0.25, -0.2) is 4.79 Å². The van der Waals surface area contributed by atoms with Crippen LogP contribution in [-0.2, 0) is 16.0 Å². The fourth-order valence-electron chi connectivity index (χ4n) is 5.81. The van der Waals surface area contributed by atoms with Crippen LogP contribution in [0.25, 0.3) is 11.4 Å². The number of benzene rings is 2. The van der Waals surface area contributed by atoms with E-state index in [0.29, 0.717) is 30.4 Å². The number of rotatable bonds is 7. The molecule has 1 saturated heterocycles. The van der Waals surface area contributed by atoms with Crippen molar-refractivity contribution in [2.24, 2.45) is 17.6 Å². The van der Waals surface area contributed by atoms with Crippen molar-refractivity contribution >= 4 is 11.7 Å². The number of H-pyrrole nitrogens is 1. The first kappa shape index (κ1) is 24.2. The minimum absolute atomic E-state index is 0.0116. The molecule has 2 atom stereocenters. The molecule has 3 N–H and O–H groups in total. The molecule has 36 heavy (non-hydrogen) atoms. The fraction of sp³-hybridized carbons (Fsp3) is 0.429. The van der Waals surface area contributed by atoms with Crippen LogP contribution >= 0.6 is 0 Å². The minimum Gasteiger partial charge on any atom is -0.332 e. The summed E-state index contributed by atoms with van der Waals surface area (Å²) in [7, 11) is 0. The molecule has 1 saturated carbocycles. The Kier molecular flexibility index (Phi) is 7.13. The normalized spacial score (nSPS) is 24.1. The number of nitrogens with one attached hydrogen (secondary N) is 1. The second-order valence-electron chi connectivity index (χ2n) is 10.0. The average molecular weight is 489 g/mol. The van der Waals surface area contributed by atoms with Crippen LogP contribution in [0.3, 0.4) is 0 Å². The van der Waals surface area contributed by atoms with Crippen molar-refractivity contribution in [3.8, 4) is 11.4 Å². The van der Waals surface area contributed by atoms with Gasteiger partial charge in [-0.3, -0.25) is 19.1 Å². The van der Waals surface area contributed by atoms with Gasteiger partial charge in [-0.2, -0.15) is 0 Å². The molecule has 0 bridgehead atoms. The lowest BCUT2D eigenvalue weighted by Gasteiger charge is -2.33. The Balaban J connectivity index is 1.35. The molecule has 8 heteroatoms. The maximum Gasteiger partial charge on any atom is 0.439 e. The third kappa shape index (κ3) is 5.04. The van der Waals surface area contributed by atoms with Crippen molar-refractivity contribution < 1.29 is 14.1 Å². The highest BCUT2D eigenvalue weighted by molar-refractivity contribution is 5.92. The van der Waals surface area contributed by atoms with Crippen LogP contribution in [-0.4, -0.2) is 45.9 Å². The molecule has 2 heterocycles. The second kappa shape index (κ2) is 10.6. The first-order valence-electron chi connectivity index (χ1n) is 12.8. The minimum atomic E-state index is -0.612. The zero-order valence-corrected chi connectivity index (χ0v) is 20.3. The van der Waals surface area contributed by atoms with Crippen molar-refractivity contribution in [3.63, 3.8) is 0 Å². The lowest BCUT2D eigenvalue weighted by Crippen LogP contribution is -2.46. The number of carbonyl (C=O) groups is 2. The number of Topliss-reactive ketones (excluding diaryl/α,β-unsaturated/α-hetero) is 1. The maximum atomic E-state index is 13.8. The Morgan fingerprint density at radius 2 is 1.72 bits per heavy atom. The summed E-state index contributed by atoms with van der Waals surface area (Å²) >= 11 is 0. The van der Waals surface area contributed by atoms with Crippen molar-refractivity contribution in [3.05, 3.63) is 76.3 Å². The van der Waals surface area contributed by atoms with Gasteiger partial charge in [0.2, 0.25) is 5.91 Å². The second-order valence-corrected chi connectivity index (χ2v) is 10.0. The smallest absolute Gasteiger partial charge is 0.332 e. The first-order chi connectivity index (χ1) is 17.5. The molecule has 0 radical (unpaired) electrons. The standard InChI is InChI=1S/C28H32N4O4/c29-17-19-8-12-22(13-9-19)27(34)32-15-14-23(20-4-2-1-3-5-20)25(32)24(33)16-18-6-10-21(11-7-18)26-30-28(35)36-31-26/h1-7,10-11,19,22-23,25H,8-9,12-17,29H2,(H,30,31,35)/t19?,22?,23-,25-/m0/s1. The number of aromatic amines is 1. The number of aromatic nitrogens is 2. The van der Waals surface area contributed by atoms with Gasteiger partial charge in [0.15, 0.2) is 11.6 Å². The highest BCUT2D eigenvalue weighted by atomic mass is 16.5. The van der Waals surface area contributed by atoms with Gasteiger partial charge in [-0.1, -0.05) is 59.8 Å². The third-order valence-corrected chi connectivity index (χ3v) is 7.81. The van der Waals surface area contributed by atoms with Gasteiger partial charge >= 0.3 is 5.76 Å². The van der Waals surface area contributed by atoms with Gasteiger partial charge in [0.05, 0.1) is 6.04 Å². The first-order valence-corrected chi connectivity index (χ1v) is 12.8. The summed E-state index contributed by atoms with van der Waals surface area (Å²) in [4.78, 5) is 43.0. The SMILES string of the molecule is NCC1CCC(C(=O)N2CC[C@@H](c3ccccc3)[C@H]2C(=O)Cc2ccc(-c3noc(=O)[nH]3)cc2)CC1. The van der Waals surface area contributed by atoms with E-state index in [9.17, 15) is 14.4 Å². The Labute approximate surface area is 209 Å². The molecular formula is C28H32N4O4. The summed E-state index contributed by atoms with van der Waals surface area (Å²) in [6, 6.07) is 16.9. The predicted octanol–water partition coefficient (Wildman–Crippen LogP) is 3.29. The summed E-state index contributed by atoms with van der Waals surface area (Å²) in [5, 5.41) is 3.71. The van der Waals surface area contributed by atoms with Crippen molar-refractivity contribution in [2.75, 3.05) is 13.1 Å². The molecule has 1 aliphatic carbocycles. The van der Waals surface area contributed by atoms with Crippen molar-refractivity contribution in [1.29, 1.82) is 0 Å². The number of amides is 1. The van der Waals surface area contributed by atoms with E-state index in [1.165, 1.54) is 0 Å². The van der Waals surface area contributed by atoms with Crippen LogP contribution in [0.5, 0.6) is 0 Å². The Morgan fingerprint density at radius 1 is 1.00 bits per heavy atom. The molecule has 188 valence electrons. The monoisotopic (exact) mass is 488 g/mol. The molecule has 5 rings (SSSR count). The number of likely N-dealkylation sites (tertiary alicyclic amines) is 1. The van der Waals surface area contributed by atoms with Gasteiger partial charge in [-0.15, -0.1) is 0 Å². The molecule has 1 aromatic heterocycles. The molecule has 8 nitrogen and oxygen atoms in total. The van der Waals surface area contributed by atoms with Gasteiger partial charge in [0, 0.05) is 30.4 Å². The Bertz CT molecular complexity index is 1240. The predicted molar refractivity (Wildman–Crippen MR) is 135 cm³/mol.